The number of hydrogen-bond donors (Lipinski definition) is 2. The van der Waals surface area contributed by atoms with E-state index in [9.17, 15) is 13.2 Å². The highest BCUT2D eigenvalue weighted by atomic mass is 19.4. The molecule has 2 atom stereocenters. The summed E-state index contributed by atoms with van der Waals surface area (Å²) < 4.78 is 35.4. The van der Waals surface area contributed by atoms with E-state index >= 15 is 0 Å². The Morgan fingerprint density at radius 1 is 1.42 bits per heavy atom. The summed E-state index contributed by atoms with van der Waals surface area (Å²) in [6.07, 6.45) is -5.39. The van der Waals surface area contributed by atoms with E-state index in [0.717, 1.165) is 6.42 Å². The van der Waals surface area contributed by atoms with E-state index in [2.05, 4.69) is 0 Å². The van der Waals surface area contributed by atoms with Crippen molar-refractivity contribution in [3.05, 3.63) is 0 Å². The second-order valence-corrected chi connectivity index (χ2v) is 2.79. The summed E-state index contributed by atoms with van der Waals surface area (Å²) in [6, 6.07) is -1.19. The molecule has 0 aromatic carbocycles. The number of alkyl halides is 3. The maximum Gasteiger partial charge on any atom is 0.415 e. The number of nitrogens with two attached hydrogens (primary N) is 1. The molecule has 0 aliphatic rings. The third-order valence-electron chi connectivity index (χ3n) is 1.63. The third-order valence-corrected chi connectivity index (χ3v) is 1.63. The first-order valence-electron chi connectivity index (χ1n) is 3.90. The molecule has 74 valence electrons. The van der Waals surface area contributed by atoms with E-state index < -0.39 is 18.3 Å². The van der Waals surface area contributed by atoms with Crippen LogP contribution in [0.4, 0.5) is 13.2 Å². The molecule has 5 heteroatoms. The van der Waals surface area contributed by atoms with Crippen LogP contribution in [-0.2, 0) is 0 Å². The maximum atomic E-state index is 11.8. The van der Waals surface area contributed by atoms with Crippen LogP contribution in [0.3, 0.4) is 0 Å². The van der Waals surface area contributed by atoms with Crippen molar-refractivity contribution >= 4 is 0 Å². The molecular formula is C7H14F3NO. The summed E-state index contributed by atoms with van der Waals surface area (Å²) >= 11 is 0. The zero-order valence-corrected chi connectivity index (χ0v) is 6.93. The Morgan fingerprint density at radius 3 is 2.25 bits per heavy atom. The molecule has 0 amide bonds. The number of aliphatic hydroxyl groups excluding tert-OH is 1. The molecule has 0 fully saturated rings. The molecule has 0 aliphatic heterocycles. The third kappa shape index (κ3) is 3.92. The van der Waals surface area contributed by atoms with Crippen molar-refractivity contribution in [1.82, 2.24) is 0 Å². The fourth-order valence-electron chi connectivity index (χ4n) is 0.840. The van der Waals surface area contributed by atoms with E-state index in [1.54, 1.807) is 0 Å². The van der Waals surface area contributed by atoms with Crippen LogP contribution < -0.4 is 5.73 Å². The SMILES string of the molecule is CCCCC(N)C(O)C(F)(F)F. The van der Waals surface area contributed by atoms with Crippen molar-refractivity contribution < 1.29 is 18.3 Å². The average Bonchev–Trinajstić information content (AvgIpc) is 1.97. The standard InChI is InChI=1S/C7H14F3NO/c1-2-3-4-5(11)6(12)7(8,9)10/h5-6,12H,2-4,11H2,1H3. The van der Waals surface area contributed by atoms with Crippen molar-refractivity contribution in [2.24, 2.45) is 5.73 Å². The molecule has 0 aromatic heterocycles. The molecule has 2 unspecified atom stereocenters. The number of halogens is 3. The predicted molar refractivity (Wildman–Crippen MR) is 39.6 cm³/mol. The highest BCUT2D eigenvalue weighted by molar-refractivity contribution is 4.77. The maximum absolute atomic E-state index is 11.8. The summed E-state index contributed by atoms with van der Waals surface area (Å²) in [4.78, 5) is 0. The lowest BCUT2D eigenvalue weighted by Gasteiger charge is -2.20. The summed E-state index contributed by atoms with van der Waals surface area (Å²) in [5.41, 5.74) is 5.12. The van der Waals surface area contributed by atoms with E-state index in [1.165, 1.54) is 0 Å². The quantitative estimate of drug-likeness (QED) is 0.695. The first-order valence-corrected chi connectivity index (χ1v) is 3.90. The van der Waals surface area contributed by atoms with Crippen LogP contribution in [0.15, 0.2) is 0 Å². The molecule has 0 saturated heterocycles. The van der Waals surface area contributed by atoms with Gasteiger partial charge in [0.1, 0.15) is 0 Å². The van der Waals surface area contributed by atoms with Crippen molar-refractivity contribution in [3.8, 4) is 0 Å². The normalized spacial score (nSPS) is 17.5. The van der Waals surface area contributed by atoms with Crippen LogP contribution in [-0.4, -0.2) is 23.4 Å². The zero-order chi connectivity index (χ0) is 9.78. The zero-order valence-electron chi connectivity index (χ0n) is 6.93. The lowest BCUT2D eigenvalue weighted by atomic mass is 10.1. The van der Waals surface area contributed by atoms with Gasteiger partial charge in [0.2, 0.25) is 0 Å². The molecule has 0 rings (SSSR count). The van der Waals surface area contributed by atoms with Gasteiger partial charge in [-0.3, -0.25) is 0 Å². The molecule has 3 N–H and O–H groups in total. The molecule has 0 spiro atoms. The van der Waals surface area contributed by atoms with E-state index in [1.807, 2.05) is 6.92 Å². The van der Waals surface area contributed by atoms with Gasteiger partial charge in [0.15, 0.2) is 6.10 Å². The van der Waals surface area contributed by atoms with Gasteiger partial charge in [0.25, 0.3) is 0 Å². The van der Waals surface area contributed by atoms with Crippen LogP contribution in [0.5, 0.6) is 0 Å². The number of aliphatic hydroxyl groups is 1. The summed E-state index contributed by atoms with van der Waals surface area (Å²) in [5, 5.41) is 8.63. The van der Waals surface area contributed by atoms with Gasteiger partial charge >= 0.3 is 6.18 Å². The smallest absolute Gasteiger partial charge is 0.382 e. The minimum absolute atomic E-state index is 0.206. The van der Waals surface area contributed by atoms with Gasteiger partial charge in [0, 0.05) is 6.04 Å². The largest absolute Gasteiger partial charge is 0.415 e. The van der Waals surface area contributed by atoms with E-state index in [-0.39, 0.29) is 6.42 Å². The fourth-order valence-corrected chi connectivity index (χ4v) is 0.840. The first-order chi connectivity index (χ1) is 5.39. The Kier molecular flexibility index (Phi) is 4.55. The number of hydrogen-bond acceptors (Lipinski definition) is 2. The summed E-state index contributed by atoms with van der Waals surface area (Å²) in [7, 11) is 0. The minimum atomic E-state index is -4.59. The first kappa shape index (κ1) is 11.7. The molecule has 0 saturated carbocycles. The summed E-state index contributed by atoms with van der Waals surface area (Å²) in [5.74, 6) is 0. The van der Waals surface area contributed by atoms with Crippen molar-refractivity contribution in [3.63, 3.8) is 0 Å². The second kappa shape index (κ2) is 4.67. The average molecular weight is 185 g/mol. The Hall–Kier alpha value is -0.290. The Bertz CT molecular complexity index is 126. The van der Waals surface area contributed by atoms with Crippen molar-refractivity contribution in [2.45, 2.75) is 44.5 Å². The van der Waals surface area contributed by atoms with E-state index in [4.69, 9.17) is 10.8 Å². The molecule has 12 heavy (non-hydrogen) atoms. The molecule has 0 heterocycles. The molecule has 0 radical (unpaired) electrons. The molecule has 0 aliphatic carbocycles. The lowest BCUT2D eigenvalue weighted by Crippen LogP contribution is -2.44. The minimum Gasteiger partial charge on any atom is -0.382 e. The van der Waals surface area contributed by atoms with Gasteiger partial charge in [-0.15, -0.1) is 0 Å². The number of unbranched alkanes of at least 4 members (excludes halogenated alkanes) is 1. The van der Waals surface area contributed by atoms with Gasteiger partial charge in [-0.2, -0.15) is 13.2 Å². The van der Waals surface area contributed by atoms with Crippen molar-refractivity contribution in [1.29, 1.82) is 0 Å². The molecule has 0 aromatic rings. The van der Waals surface area contributed by atoms with Gasteiger partial charge in [-0.25, -0.2) is 0 Å². The summed E-state index contributed by atoms with van der Waals surface area (Å²) in [6.45, 7) is 1.85. The predicted octanol–water partition coefficient (Wildman–Crippen LogP) is 1.43. The molecular weight excluding hydrogens is 171 g/mol. The topological polar surface area (TPSA) is 46.2 Å². The Balaban J connectivity index is 3.84. The van der Waals surface area contributed by atoms with Gasteiger partial charge < -0.3 is 10.8 Å². The number of rotatable bonds is 4. The fraction of sp³-hybridized carbons (Fsp3) is 1.00. The van der Waals surface area contributed by atoms with Gasteiger partial charge in [-0.1, -0.05) is 19.8 Å². The van der Waals surface area contributed by atoms with Gasteiger partial charge in [0.05, 0.1) is 0 Å². The molecule has 0 bridgehead atoms. The highest BCUT2D eigenvalue weighted by Gasteiger charge is 2.41. The second-order valence-electron chi connectivity index (χ2n) is 2.79. The van der Waals surface area contributed by atoms with Crippen LogP contribution in [0.25, 0.3) is 0 Å². The Labute approximate surface area is 69.6 Å². The van der Waals surface area contributed by atoms with Gasteiger partial charge in [-0.05, 0) is 6.42 Å². The van der Waals surface area contributed by atoms with Crippen molar-refractivity contribution in [2.75, 3.05) is 0 Å². The lowest BCUT2D eigenvalue weighted by molar-refractivity contribution is -0.210. The Morgan fingerprint density at radius 2 is 1.92 bits per heavy atom. The van der Waals surface area contributed by atoms with Crippen LogP contribution in [0.2, 0.25) is 0 Å². The highest BCUT2D eigenvalue weighted by Crippen LogP contribution is 2.23. The monoisotopic (exact) mass is 185 g/mol. The van der Waals surface area contributed by atoms with E-state index in [0.29, 0.717) is 6.42 Å². The van der Waals surface area contributed by atoms with Crippen LogP contribution >= 0.6 is 0 Å². The van der Waals surface area contributed by atoms with Crippen LogP contribution in [0.1, 0.15) is 26.2 Å². The molecule has 2 nitrogen and oxygen atoms in total. The van der Waals surface area contributed by atoms with Crippen LogP contribution in [0, 0.1) is 0 Å².